The van der Waals surface area contributed by atoms with Gasteiger partial charge in [-0.3, -0.25) is 4.79 Å². The molecule has 0 saturated heterocycles. The largest absolute Gasteiger partial charge is 0.497 e. The lowest BCUT2D eigenvalue weighted by Gasteiger charge is -2.11. The van der Waals surface area contributed by atoms with Crippen molar-refractivity contribution in [1.29, 1.82) is 0 Å². The number of aromatic nitrogens is 2. The van der Waals surface area contributed by atoms with E-state index in [4.69, 9.17) is 21.1 Å². The van der Waals surface area contributed by atoms with Crippen LogP contribution in [0.2, 0.25) is 5.02 Å². The van der Waals surface area contributed by atoms with Gasteiger partial charge < -0.3 is 14.8 Å². The molecule has 0 spiro atoms. The predicted molar refractivity (Wildman–Crippen MR) is 105 cm³/mol. The number of carbonyl (C=O) groups excluding carboxylic acids is 2. The molecule has 3 rings (SSSR count). The van der Waals surface area contributed by atoms with Gasteiger partial charge in [0.2, 0.25) is 0 Å². The number of benzene rings is 2. The number of hydrogen-bond donors (Lipinski definition) is 1. The van der Waals surface area contributed by atoms with Crippen molar-refractivity contribution in [3.63, 3.8) is 0 Å². The summed E-state index contributed by atoms with van der Waals surface area (Å²) in [4.78, 5) is 24.1. The first-order valence-electron chi connectivity index (χ1n) is 8.53. The Morgan fingerprint density at radius 1 is 1.21 bits per heavy atom. The Labute approximate surface area is 171 Å². The van der Waals surface area contributed by atoms with E-state index in [9.17, 15) is 14.0 Å². The second kappa shape index (κ2) is 9.20. The van der Waals surface area contributed by atoms with Crippen LogP contribution < -0.4 is 10.1 Å². The lowest BCUT2D eigenvalue weighted by molar-refractivity contribution is -0.119. The monoisotopic (exact) mass is 417 g/mol. The molecule has 0 unspecified atom stereocenters. The fourth-order valence-corrected chi connectivity index (χ4v) is 2.72. The van der Waals surface area contributed by atoms with Gasteiger partial charge in [0.1, 0.15) is 17.4 Å². The third-order valence-electron chi connectivity index (χ3n) is 3.99. The zero-order valence-electron chi connectivity index (χ0n) is 15.4. The third-order valence-corrected chi connectivity index (χ3v) is 4.36. The van der Waals surface area contributed by atoms with Gasteiger partial charge in [0.15, 0.2) is 6.61 Å². The third kappa shape index (κ3) is 5.11. The van der Waals surface area contributed by atoms with Gasteiger partial charge in [-0.2, -0.15) is 5.10 Å². The van der Waals surface area contributed by atoms with Gasteiger partial charge in [-0.25, -0.2) is 13.9 Å². The van der Waals surface area contributed by atoms with E-state index >= 15 is 0 Å². The summed E-state index contributed by atoms with van der Waals surface area (Å²) in [5, 5.41) is 7.33. The van der Waals surface area contributed by atoms with E-state index in [-0.39, 0.29) is 11.3 Å². The second-order valence-corrected chi connectivity index (χ2v) is 6.34. The standard InChI is InChI=1S/C20H17ClFN3O4/c1-28-14-6-7-15(17(22)10-14)20(27)29-12-19(26)24-18-8-9-23-25(18)11-13-4-2-3-5-16(13)21/h2-10H,11-12H2,1H3,(H,24,26). The molecule has 1 N–H and O–H groups in total. The molecule has 2 aromatic carbocycles. The predicted octanol–water partition coefficient (Wildman–Crippen LogP) is 3.53. The van der Waals surface area contributed by atoms with Crippen molar-refractivity contribution >= 4 is 29.3 Å². The first-order chi connectivity index (χ1) is 14.0. The number of methoxy groups -OCH3 is 1. The molecule has 0 aliphatic carbocycles. The average Bonchev–Trinajstić information content (AvgIpc) is 3.14. The number of amides is 1. The van der Waals surface area contributed by atoms with Gasteiger partial charge in [-0.15, -0.1) is 0 Å². The Kier molecular flexibility index (Phi) is 6.46. The lowest BCUT2D eigenvalue weighted by atomic mass is 10.2. The van der Waals surface area contributed by atoms with Crippen LogP contribution in [0.3, 0.4) is 0 Å². The van der Waals surface area contributed by atoms with E-state index in [1.807, 2.05) is 18.2 Å². The van der Waals surface area contributed by atoms with E-state index in [1.165, 1.54) is 25.4 Å². The van der Waals surface area contributed by atoms with Crippen LogP contribution in [-0.4, -0.2) is 35.4 Å². The summed E-state index contributed by atoms with van der Waals surface area (Å²) >= 11 is 6.15. The number of rotatable bonds is 7. The SMILES string of the molecule is COc1ccc(C(=O)OCC(=O)Nc2ccnn2Cc2ccccc2Cl)c(F)c1. The molecule has 1 heterocycles. The number of carbonyl (C=O) groups is 2. The quantitative estimate of drug-likeness (QED) is 0.595. The van der Waals surface area contributed by atoms with Crippen molar-refractivity contribution in [3.8, 4) is 5.75 Å². The summed E-state index contributed by atoms with van der Waals surface area (Å²) in [7, 11) is 1.38. The first-order valence-corrected chi connectivity index (χ1v) is 8.91. The fraction of sp³-hybridized carbons (Fsp3) is 0.150. The number of nitrogens with zero attached hydrogens (tertiary/aromatic N) is 2. The lowest BCUT2D eigenvalue weighted by Crippen LogP contribution is -2.23. The molecule has 1 aromatic heterocycles. The van der Waals surface area contributed by atoms with Crippen LogP contribution >= 0.6 is 11.6 Å². The highest BCUT2D eigenvalue weighted by Gasteiger charge is 2.16. The maximum atomic E-state index is 13.9. The highest BCUT2D eigenvalue weighted by molar-refractivity contribution is 6.31. The Balaban J connectivity index is 1.58. The second-order valence-electron chi connectivity index (χ2n) is 5.94. The van der Waals surface area contributed by atoms with Crippen LogP contribution in [0.4, 0.5) is 10.2 Å². The maximum absolute atomic E-state index is 13.9. The number of anilines is 1. The van der Waals surface area contributed by atoms with Crippen molar-refractivity contribution in [1.82, 2.24) is 9.78 Å². The molecule has 150 valence electrons. The number of esters is 1. The van der Waals surface area contributed by atoms with Crippen LogP contribution in [0.25, 0.3) is 0 Å². The molecule has 0 aliphatic rings. The fourth-order valence-electron chi connectivity index (χ4n) is 2.53. The molecular weight excluding hydrogens is 401 g/mol. The molecule has 0 aliphatic heterocycles. The zero-order chi connectivity index (χ0) is 20.8. The molecule has 7 nitrogen and oxygen atoms in total. The summed E-state index contributed by atoms with van der Waals surface area (Å²) < 4.78 is 25.2. The average molecular weight is 418 g/mol. The van der Waals surface area contributed by atoms with Crippen LogP contribution in [0, 0.1) is 5.82 Å². The van der Waals surface area contributed by atoms with Gasteiger partial charge in [0, 0.05) is 17.2 Å². The zero-order valence-corrected chi connectivity index (χ0v) is 16.1. The Morgan fingerprint density at radius 3 is 2.72 bits per heavy atom. The van der Waals surface area contributed by atoms with E-state index in [1.54, 1.807) is 16.8 Å². The minimum atomic E-state index is -0.954. The van der Waals surface area contributed by atoms with Gasteiger partial charge >= 0.3 is 5.97 Å². The molecular formula is C20H17ClFN3O4. The normalized spacial score (nSPS) is 10.4. The van der Waals surface area contributed by atoms with E-state index < -0.39 is 24.3 Å². The van der Waals surface area contributed by atoms with Gasteiger partial charge in [0.25, 0.3) is 5.91 Å². The highest BCUT2D eigenvalue weighted by Crippen LogP contribution is 2.19. The number of nitrogens with one attached hydrogen (secondary N) is 1. The number of ether oxygens (including phenoxy) is 2. The summed E-state index contributed by atoms with van der Waals surface area (Å²) in [6, 6.07) is 12.6. The molecule has 9 heteroatoms. The van der Waals surface area contributed by atoms with Crippen molar-refractivity contribution in [2.75, 3.05) is 19.0 Å². The molecule has 0 bridgehead atoms. The highest BCUT2D eigenvalue weighted by atomic mass is 35.5. The van der Waals surface area contributed by atoms with Crippen molar-refractivity contribution in [3.05, 3.63) is 76.7 Å². The topological polar surface area (TPSA) is 82.4 Å². The summed E-state index contributed by atoms with van der Waals surface area (Å²) in [5.41, 5.74) is 0.539. The Morgan fingerprint density at radius 2 is 2.00 bits per heavy atom. The van der Waals surface area contributed by atoms with Gasteiger partial charge in [-0.1, -0.05) is 29.8 Å². The van der Waals surface area contributed by atoms with Crippen LogP contribution in [0.1, 0.15) is 15.9 Å². The Bertz CT molecular complexity index is 1040. The Hall–Kier alpha value is -3.39. The van der Waals surface area contributed by atoms with E-state index in [0.717, 1.165) is 11.6 Å². The molecule has 0 fully saturated rings. The number of halogens is 2. The number of hydrogen-bond acceptors (Lipinski definition) is 5. The maximum Gasteiger partial charge on any atom is 0.341 e. The molecule has 1 amide bonds. The van der Waals surface area contributed by atoms with Crippen LogP contribution in [0.5, 0.6) is 5.75 Å². The smallest absolute Gasteiger partial charge is 0.341 e. The van der Waals surface area contributed by atoms with Gasteiger partial charge in [0.05, 0.1) is 25.4 Å². The van der Waals surface area contributed by atoms with Gasteiger partial charge in [-0.05, 0) is 23.8 Å². The van der Waals surface area contributed by atoms with E-state index in [0.29, 0.717) is 17.4 Å². The first kappa shape index (κ1) is 20.3. The minimum absolute atomic E-state index is 0.267. The van der Waals surface area contributed by atoms with Crippen molar-refractivity contribution in [2.45, 2.75) is 6.54 Å². The van der Waals surface area contributed by atoms with Crippen molar-refractivity contribution < 1.29 is 23.5 Å². The summed E-state index contributed by atoms with van der Waals surface area (Å²) in [6.45, 7) is -0.235. The van der Waals surface area contributed by atoms with Crippen LogP contribution in [-0.2, 0) is 16.1 Å². The minimum Gasteiger partial charge on any atom is -0.497 e. The molecule has 29 heavy (non-hydrogen) atoms. The molecule has 0 radical (unpaired) electrons. The molecule has 0 saturated carbocycles. The molecule has 3 aromatic rings. The molecule has 0 atom stereocenters. The summed E-state index contributed by atoms with van der Waals surface area (Å²) in [6.07, 6.45) is 1.52. The van der Waals surface area contributed by atoms with Crippen LogP contribution in [0.15, 0.2) is 54.7 Å². The summed E-state index contributed by atoms with van der Waals surface area (Å²) in [5.74, 6) is -1.67. The van der Waals surface area contributed by atoms with Crippen molar-refractivity contribution in [2.24, 2.45) is 0 Å². The van der Waals surface area contributed by atoms with E-state index in [2.05, 4.69) is 10.4 Å².